The van der Waals surface area contributed by atoms with E-state index in [4.69, 9.17) is 4.98 Å². The van der Waals surface area contributed by atoms with Crippen LogP contribution in [0.3, 0.4) is 0 Å². The molecular weight excluding hydrogens is 833 g/mol. The number of pyridine rings is 2. The topological polar surface area (TPSA) is 25.8 Å². The Morgan fingerprint density at radius 2 is 1.19 bits per heavy atom. The van der Waals surface area contributed by atoms with E-state index in [1.807, 2.05) is 12.4 Å². The first-order valence-electron chi connectivity index (χ1n) is 18.6. The van der Waals surface area contributed by atoms with Crippen molar-refractivity contribution in [3.63, 3.8) is 0 Å². The van der Waals surface area contributed by atoms with Gasteiger partial charge in [0.25, 0.3) is 0 Å². The van der Waals surface area contributed by atoms with Crippen LogP contribution in [-0.4, -0.2) is 9.97 Å². The average Bonchev–Trinajstić information content (AvgIpc) is 3.38. The normalized spacial score (nSPS) is 13.2. The van der Waals surface area contributed by atoms with Crippen LogP contribution in [0.1, 0.15) is 77.6 Å². The van der Waals surface area contributed by atoms with Crippen molar-refractivity contribution in [1.82, 2.24) is 9.97 Å². The maximum absolute atomic E-state index is 4.92. The second-order valence-corrected chi connectivity index (χ2v) is 17.0. The molecule has 54 heavy (non-hydrogen) atoms. The van der Waals surface area contributed by atoms with Gasteiger partial charge < -0.3 is 9.97 Å². The zero-order valence-electron chi connectivity index (χ0n) is 32.4. The third kappa shape index (κ3) is 6.81. The molecule has 8 aromatic rings. The van der Waals surface area contributed by atoms with E-state index in [2.05, 4.69) is 194 Å². The molecule has 0 bridgehead atoms. The number of hydrogen-bond donors (Lipinski definition) is 0. The van der Waals surface area contributed by atoms with Crippen molar-refractivity contribution in [3.05, 3.63) is 168 Å². The zero-order valence-corrected chi connectivity index (χ0v) is 34.8. The van der Waals surface area contributed by atoms with Crippen molar-refractivity contribution in [2.75, 3.05) is 0 Å². The predicted molar refractivity (Wildman–Crippen MR) is 224 cm³/mol. The Kier molecular flexibility index (Phi) is 9.71. The molecule has 0 saturated carbocycles. The van der Waals surface area contributed by atoms with Crippen LogP contribution < -0.4 is 0 Å². The maximum Gasteiger partial charge on any atom is 0.0198 e. The van der Waals surface area contributed by atoms with Gasteiger partial charge in [0.15, 0.2) is 0 Å². The van der Waals surface area contributed by atoms with Gasteiger partial charge in [0, 0.05) is 37.9 Å². The molecule has 2 heterocycles. The van der Waals surface area contributed by atoms with Crippen LogP contribution in [0, 0.1) is 12.1 Å². The number of nitrogens with zero attached hydrogens (tertiary/aromatic N) is 2. The summed E-state index contributed by atoms with van der Waals surface area (Å²) >= 11 is 0. The van der Waals surface area contributed by atoms with Crippen molar-refractivity contribution < 1.29 is 20.1 Å². The van der Waals surface area contributed by atoms with Crippen molar-refractivity contribution in [2.24, 2.45) is 0 Å². The summed E-state index contributed by atoms with van der Waals surface area (Å²) in [6.45, 7) is 17.9. The van der Waals surface area contributed by atoms with Gasteiger partial charge in [-0.1, -0.05) is 139 Å². The summed E-state index contributed by atoms with van der Waals surface area (Å²) < 4.78 is 0. The number of rotatable bonds is 2. The second kappa shape index (κ2) is 14.0. The molecule has 2 aromatic heterocycles. The summed E-state index contributed by atoms with van der Waals surface area (Å²) in [5.74, 6) is 0. The van der Waals surface area contributed by atoms with E-state index in [0.717, 1.165) is 22.5 Å². The molecule has 0 saturated heterocycles. The van der Waals surface area contributed by atoms with Gasteiger partial charge in [-0.2, -0.15) is 0 Å². The van der Waals surface area contributed by atoms with Crippen LogP contribution in [-0.2, 0) is 36.4 Å². The van der Waals surface area contributed by atoms with Crippen LogP contribution in [0.15, 0.2) is 134 Å². The summed E-state index contributed by atoms with van der Waals surface area (Å²) in [7, 11) is 0. The van der Waals surface area contributed by atoms with E-state index in [0.29, 0.717) is 0 Å². The standard InChI is InChI=1S/C32H22N.C19H24N.Ir/c1-32(2)29-19-23-9-4-3-8-22(23)17-28(29)26-15-16-33-31(30(26)32)24-14-13-21-12-11-20-7-5-6-10-25(20)27(21)18-24;1-18(2,3)15-9-7-14(8-10-15)17-12-11-16(13-20-17)19(4,5)6;/h3-13,15-19H,1-2H3;7,9-13H,1-6H3;/q2*-1;. The van der Waals surface area contributed by atoms with Crippen molar-refractivity contribution >= 4 is 32.3 Å². The van der Waals surface area contributed by atoms with Gasteiger partial charge in [0.05, 0.1) is 0 Å². The van der Waals surface area contributed by atoms with Crippen LogP contribution >= 0.6 is 0 Å². The van der Waals surface area contributed by atoms with Gasteiger partial charge in [0.2, 0.25) is 0 Å². The van der Waals surface area contributed by atoms with Gasteiger partial charge in [-0.15, -0.1) is 59.2 Å². The fraction of sp³-hybridized carbons (Fsp3) is 0.216. The number of benzene rings is 6. The summed E-state index contributed by atoms with van der Waals surface area (Å²) in [5, 5.41) is 7.55. The predicted octanol–water partition coefficient (Wildman–Crippen LogP) is 13.5. The Hall–Kier alpha value is -4.95. The molecule has 3 heteroatoms. The summed E-state index contributed by atoms with van der Waals surface area (Å²) in [5.41, 5.74) is 12.1. The van der Waals surface area contributed by atoms with E-state index >= 15 is 0 Å². The first kappa shape index (κ1) is 37.4. The first-order chi connectivity index (χ1) is 25.3. The Balaban J connectivity index is 0.000000186. The number of aromatic nitrogens is 2. The van der Waals surface area contributed by atoms with Gasteiger partial charge in [-0.25, -0.2) is 0 Å². The van der Waals surface area contributed by atoms with E-state index in [-0.39, 0.29) is 36.4 Å². The SMILES string of the molecule is CC(C)(C)c1c[c-]c(-c2ccc(C(C)(C)C)cn2)cc1.CC1(C)c2cc3ccccc3cc2-c2ccnc(-c3[c-]cc4ccc5ccccc5c4c3)c21.[Ir]. The van der Waals surface area contributed by atoms with Crippen LogP contribution in [0.4, 0.5) is 0 Å². The molecule has 0 unspecified atom stereocenters. The van der Waals surface area contributed by atoms with Crippen molar-refractivity contribution in [3.8, 4) is 33.6 Å². The van der Waals surface area contributed by atoms with E-state index in [9.17, 15) is 0 Å². The van der Waals surface area contributed by atoms with Crippen LogP contribution in [0.2, 0.25) is 0 Å². The fourth-order valence-electron chi connectivity index (χ4n) is 7.76. The summed E-state index contributed by atoms with van der Waals surface area (Å²) in [4.78, 5) is 9.50. The molecule has 6 aromatic carbocycles. The van der Waals surface area contributed by atoms with E-state index in [1.54, 1.807) is 0 Å². The molecule has 0 amide bonds. The fourth-order valence-corrected chi connectivity index (χ4v) is 7.76. The summed E-state index contributed by atoms with van der Waals surface area (Å²) in [6, 6.07) is 50.4. The zero-order chi connectivity index (χ0) is 37.1. The number of fused-ring (bicyclic) bond motifs is 7. The molecule has 0 atom stereocenters. The van der Waals surface area contributed by atoms with Gasteiger partial charge in [-0.3, -0.25) is 0 Å². The minimum Gasteiger partial charge on any atom is -0.304 e. The molecular formula is C51H46IrN2-2. The smallest absolute Gasteiger partial charge is 0.0198 e. The Morgan fingerprint density at radius 3 is 1.85 bits per heavy atom. The molecule has 0 spiro atoms. The van der Waals surface area contributed by atoms with E-state index < -0.39 is 0 Å². The van der Waals surface area contributed by atoms with Crippen LogP contribution in [0.5, 0.6) is 0 Å². The minimum absolute atomic E-state index is 0. The quantitative estimate of drug-likeness (QED) is 0.128. The van der Waals surface area contributed by atoms with E-state index in [1.165, 1.54) is 65.7 Å². The third-order valence-corrected chi connectivity index (χ3v) is 10.9. The van der Waals surface area contributed by atoms with Gasteiger partial charge >= 0.3 is 0 Å². The molecule has 0 aliphatic heterocycles. The maximum atomic E-state index is 4.92. The molecule has 1 radical (unpaired) electrons. The Bertz CT molecular complexity index is 2580. The first-order valence-corrected chi connectivity index (χ1v) is 18.6. The minimum atomic E-state index is -0.139. The molecule has 9 rings (SSSR count). The Morgan fingerprint density at radius 1 is 0.537 bits per heavy atom. The van der Waals surface area contributed by atoms with Crippen molar-refractivity contribution in [2.45, 2.75) is 71.6 Å². The van der Waals surface area contributed by atoms with Crippen LogP contribution in [0.25, 0.3) is 66.0 Å². The molecule has 0 fully saturated rings. The average molecular weight is 879 g/mol. The van der Waals surface area contributed by atoms with Crippen molar-refractivity contribution in [1.29, 1.82) is 0 Å². The largest absolute Gasteiger partial charge is 0.304 e. The molecule has 0 N–H and O–H groups in total. The third-order valence-electron chi connectivity index (χ3n) is 10.9. The molecule has 2 nitrogen and oxygen atoms in total. The second-order valence-electron chi connectivity index (χ2n) is 17.0. The number of hydrogen-bond acceptors (Lipinski definition) is 2. The molecule has 1 aliphatic rings. The molecule has 271 valence electrons. The van der Waals surface area contributed by atoms with Gasteiger partial charge in [-0.05, 0) is 89.8 Å². The summed E-state index contributed by atoms with van der Waals surface area (Å²) in [6.07, 6.45) is 3.93. The van der Waals surface area contributed by atoms with Gasteiger partial charge in [0.1, 0.15) is 0 Å². The monoisotopic (exact) mass is 879 g/mol. The molecule has 1 aliphatic carbocycles. The Labute approximate surface area is 334 Å².